The van der Waals surface area contributed by atoms with Crippen LogP contribution in [-0.4, -0.2) is 30.6 Å². The molecule has 0 aliphatic heterocycles. The number of nitrogens with zero attached hydrogens (tertiary/aromatic N) is 1. The van der Waals surface area contributed by atoms with Gasteiger partial charge in [0.2, 0.25) is 0 Å². The van der Waals surface area contributed by atoms with Crippen LogP contribution in [0.1, 0.15) is 58.1 Å². The van der Waals surface area contributed by atoms with Crippen LogP contribution in [0.3, 0.4) is 0 Å². The van der Waals surface area contributed by atoms with E-state index in [2.05, 4.69) is 68.4 Å². The Labute approximate surface area is 130 Å². The number of hydrogen-bond donors (Lipinski definition) is 1. The minimum atomic E-state index is 0.428. The van der Waals surface area contributed by atoms with Crippen LogP contribution in [-0.2, 0) is 0 Å². The highest BCUT2D eigenvalue weighted by molar-refractivity contribution is 5.21. The second-order valence-electron chi connectivity index (χ2n) is 6.83. The monoisotopic (exact) mass is 288 g/mol. The first-order valence-electron chi connectivity index (χ1n) is 8.65. The van der Waals surface area contributed by atoms with E-state index in [1.807, 2.05) is 0 Å². The van der Waals surface area contributed by atoms with Crippen molar-refractivity contribution in [3.8, 4) is 0 Å². The van der Waals surface area contributed by atoms with E-state index in [1.165, 1.54) is 31.2 Å². The Morgan fingerprint density at radius 3 is 2.33 bits per heavy atom. The maximum Gasteiger partial charge on any atom is 0.0480 e. The van der Waals surface area contributed by atoms with Crippen LogP contribution >= 0.6 is 0 Å². The van der Waals surface area contributed by atoms with Gasteiger partial charge < -0.3 is 5.32 Å². The molecular weight excluding hydrogens is 256 g/mol. The van der Waals surface area contributed by atoms with Crippen molar-refractivity contribution < 1.29 is 0 Å². The Bertz CT molecular complexity index is 397. The standard InChI is InChI=1S/C19H32N2/c1-5-14-20-18(16-10-7-6-8-11-16)19(15(2)3)21(4)17-12-9-13-17/h6-8,10-11,15,17-20H,5,9,12-14H2,1-4H3. The summed E-state index contributed by atoms with van der Waals surface area (Å²) in [6.45, 7) is 8.06. The van der Waals surface area contributed by atoms with Gasteiger partial charge in [0.25, 0.3) is 0 Å². The van der Waals surface area contributed by atoms with Crippen molar-refractivity contribution in [2.24, 2.45) is 5.92 Å². The van der Waals surface area contributed by atoms with Gasteiger partial charge in [-0.2, -0.15) is 0 Å². The molecule has 0 bridgehead atoms. The smallest absolute Gasteiger partial charge is 0.0480 e. The molecular formula is C19H32N2. The molecule has 2 unspecified atom stereocenters. The normalized spacial score (nSPS) is 18.8. The molecule has 118 valence electrons. The van der Waals surface area contributed by atoms with Crippen molar-refractivity contribution in [3.05, 3.63) is 35.9 Å². The molecule has 1 aromatic carbocycles. The summed E-state index contributed by atoms with van der Waals surface area (Å²) < 4.78 is 0. The van der Waals surface area contributed by atoms with Gasteiger partial charge in [-0.1, -0.05) is 57.5 Å². The zero-order chi connectivity index (χ0) is 15.2. The Morgan fingerprint density at radius 2 is 1.86 bits per heavy atom. The van der Waals surface area contributed by atoms with Gasteiger partial charge in [0.05, 0.1) is 0 Å². The highest BCUT2D eigenvalue weighted by Crippen LogP contribution is 2.33. The third-order valence-electron chi connectivity index (χ3n) is 4.92. The van der Waals surface area contributed by atoms with Gasteiger partial charge in [0, 0.05) is 18.1 Å². The largest absolute Gasteiger partial charge is 0.309 e. The lowest BCUT2D eigenvalue weighted by Gasteiger charge is -2.45. The zero-order valence-corrected chi connectivity index (χ0v) is 14.2. The van der Waals surface area contributed by atoms with Gasteiger partial charge in [0.1, 0.15) is 0 Å². The van der Waals surface area contributed by atoms with Crippen molar-refractivity contribution in [3.63, 3.8) is 0 Å². The van der Waals surface area contributed by atoms with E-state index in [-0.39, 0.29) is 0 Å². The lowest BCUT2D eigenvalue weighted by Crippen LogP contribution is -2.52. The maximum atomic E-state index is 3.81. The third kappa shape index (κ3) is 4.08. The minimum absolute atomic E-state index is 0.428. The summed E-state index contributed by atoms with van der Waals surface area (Å²) in [5.41, 5.74) is 1.43. The fourth-order valence-electron chi connectivity index (χ4n) is 3.52. The van der Waals surface area contributed by atoms with Crippen molar-refractivity contribution in [1.82, 2.24) is 10.2 Å². The molecule has 1 fully saturated rings. The first kappa shape index (κ1) is 16.5. The van der Waals surface area contributed by atoms with Gasteiger partial charge in [0.15, 0.2) is 0 Å². The zero-order valence-electron chi connectivity index (χ0n) is 14.2. The lowest BCUT2D eigenvalue weighted by molar-refractivity contribution is 0.0606. The second-order valence-corrected chi connectivity index (χ2v) is 6.83. The predicted molar refractivity (Wildman–Crippen MR) is 91.5 cm³/mol. The van der Waals surface area contributed by atoms with Crippen LogP contribution < -0.4 is 5.32 Å². The predicted octanol–water partition coefficient (Wildman–Crippen LogP) is 4.24. The Hall–Kier alpha value is -0.860. The molecule has 0 amide bonds. The lowest BCUT2D eigenvalue weighted by atomic mass is 9.84. The fraction of sp³-hybridized carbons (Fsp3) is 0.684. The van der Waals surface area contributed by atoms with Crippen molar-refractivity contribution >= 4 is 0 Å². The molecule has 2 rings (SSSR count). The highest BCUT2D eigenvalue weighted by atomic mass is 15.2. The summed E-state index contributed by atoms with van der Waals surface area (Å²) >= 11 is 0. The Balaban J connectivity index is 2.21. The van der Waals surface area contributed by atoms with E-state index >= 15 is 0 Å². The van der Waals surface area contributed by atoms with Crippen LogP contribution in [0.15, 0.2) is 30.3 Å². The van der Waals surface area contributed by atoms with E-state index in [1.54, 1.807) is 0 Å². The molecule has 0 aromatic heterocycles. The number of hydrogen-bond acceptors (Lipinski definition) is 2. The molecule has 21 heavy (non-hydrogen) atoms. The van der Waals surface area contributed by atoms with E-state index < -0.39 is 0 Å². The van der Waals surface area contributed by atoms with Crippen molar-refractivity contribution in [1.29, 1.82) is 0 Å². The molecule has 1 aromatic rings. The summed E-state index contributed by atoms with van der Waals surface area (Å²) in [5, 5.41) is 3.81. The van der Waals surface area contributed by atoms with E-state index in [0.29, 0.717) is 18.0 Å². The highest BCUT2D eigenvalue weighted by Gasteiger charge is 2.34. The van der Waals surface area contributed by atoms with Gasteiger partial charge in [-0.15, -0.1) is 0 Å². The molecule has 0 radical (unpaired) electrons. The second kappa shape index (κ2) is 7.95. The summed E-state index contributed by atoms with van der Waals surface area (Å²) in [5.74, 6) is 0.644. The van der Waals surface area contributed by atoms with Crippen molar-refractivity contribution in [2.75, 3.05) is 13.6 Å². The maximum absolute atomic E-state index is 3.81. The Kier molecular flexibility index (Phi) is 6.25. The topological polar surface area (TPSA) is 15.3 Å². The van der Waals surface area contributed by atoms with E-state index in [9.17, 15) is 0 Å². The number of benzene rings is 1. The molecule has 0 heterocycles. The number of rotatable bonds is 8. The molecule has 0 saturated heterocycles. The van der Waals surface area contributed by atoms with Crippen LogP contribution in [0.2, 0.25) is 0 Å². The molecule has 2 heteroatoms. The fourth-order valence-corrected chi connectivity index (χ4v) is 3.52. The summed E-state index contributed by atoms with van der Waals surface area (Å²) in [6, 6.07) is 12.8. The van der Waals surface area contributed by atoms with Crippen LogP contribution in [0.25, 0.3) is 0 Å². The quantitative estimate of drug-likeness (QED) is 0.770. The average molecular weight is 288 g/mol. The van der Waals surface area contributed by atoms with Crippen LogP contribution in [0.5, 0.6) is 0 Å². The van der Waals surface area contributed by atoms with Gasteiger partial charge >= 0.3 is 0 Å². The molecule has 2 nitrogen and oxygen atoms in total. The first-order chi connectivity index (χ1) is 10.1. The molecule has 0 spiro atoms. The van der Waals surface area contributed by atoms with Gasteiger partial charge in [-0.3, -0.25) is 4.90 Å². The number of nitrogens with one attached hydrogen (secondary N) is 1. The summed E-state index contributed by atoms with van der Waals surface area (Å²) in [4.78, 5) is 2.65. The van der Waals surface area contributed by atoms with Crippen LogP contribution in [0.4, 0.5) is 0 Å². The minimum Gasteiger partial charge on any atom is -0.309 e. The Morgan fingerprint density at radius 1 is 1.19 bits per heavy atom. The molecule has 1 aliphatic carbocycles. The SMILES string of the molecule is CCCNC(c1ccccc1)C(C(C)C)N(C)C1CCC1. The van der Waals surface area contributed by atoms with Gasteiger partial charge in [-0.25, -0.2) is 0 Å². The summed E-state index contributed by atoms with van der Waals surface area (Å²) in [6.07, 6.45) is 5.32. The number of likely N-dealkylation sites (N-methyl/N-ethyl adjacent to an activating group) is 1. The molecule has 1 aliphatic rings. The van der Waals surface area contributed by atoms with E-state index in [0.717, 1.165) is 12.6 Å². The van der Waals surface area contributed by atoms with E-state index in [4.69, 9.17) is 0 Å². The van der Waals surface area contributed by atoms with Gasteiger partial charge in [-0.05, 0) is 44.3 Å². The van der Waals surface area contributed by atoms with Crippen LogP contribution in [0, 0.1) is 5.92 Å². The third-order valence-corrected chi connectivity index (χ3v) is 4.92. The average Bonchev–Trinajstić information content (AvgIpc) is 2.41. The first-order valence-corrected chi connectivity index (χ1v) is 8.65. The molecule has 1 saturated carbocycles. The summed E-state index contributed by atoms with van der Waals surface area (Å²) in [7, 11) is 2.33. The van der Waals surface area contributed by atoms with Crippen molar-refractivity contribution in [2.45, 2.75) is 64.6 Å². The molecule has 1 N–H and O–H groups in total. The molecule has 2 atom stereocenters.